The topological polar surface area (TPSA) is 90.4 Å². The molecule has 1 amide bonds. The molecule has 7 nitrogen and oxygen atoms in total. The van der Waals surface area contributed by atoms with Crippen molar-refractivity contribution in [1.29, 1.82) is 0 Å². The van der Waals surface area contributed by atoms with Gasteiger partial charge in [-0.25, -0.2) is 9.97 Å². The Bertz CT molecular complexity index is 501. The second kappa shape index (κ2) is 9.07. The van der Waals surface area contributed by atoms with Crippen LogP contribution in [0.2, 0.25) is 0 Å². The highest BCUT2D eigenvalue weighted by Gasteiger charge is 2.24. The molecule has 0 saturated heterocycles. The van der Waals surface area contributed by atoms with Gasteiger partial charge in [-0.2, -0.15) is 0 Å². The third-order valence-electron chi connectivity index (χ3n) is 3.71. The molecule has 126 valence electrons. The Morgan fingerprint density at radius 3 is 2.52 bits per heavy atom. The summed E-state index contributed by atoms with van der Waals surface area (Å²) in [6, 6.07) is 2.28. The molecule has 0 aliphatic heterocycles. The first-order chi connectivity index (χ1) is 11.2. The second-order valence-electron chi connectivity index (χ2n) is 5.50. The van der Waals surface area contributed by atoms with Crippen LogP contribution in [-0.2, 0) is 14.3 Å². The summed E-state index contributed by atoms with van der Waals surface area (Å²) in [5.74, 6) is -0.434. The van der Waals surface area contributed by atoms with E-state index in [1.165, 1.54) is 0 Å². The van der Waals surface area contributed by atoms with Crippen LogP contribution in [0.4, 0.5) is 0 Å². The van der Waals surface area contributed by atoms with E-state index in [9.17, 15) is 9.59 Å². The van der Waals surface area contributed by atoms with Gasteiger partial charge in [0.25, 0.3) is 0 Å². The van der Waals surface area contributed by atoms with Gasteiger partial charge in [-0.05, 0) is 38.7 Å². The van der Waals surface area contributed by atoms with Crippen molar-refractivity contribution < 1.29 is 19.1 Å². The normalized spacial score (nSPS) is 20.6. The number of hydrogen-bond donors (Lipinski definition) is 1. The maximum atomic E-state index is 11.8. The van der Waals surface area contributed by atoms with Crippen molar-refractivity contribution in [3.8, 4) is 6.01 Å². The Kier molecular flexibility index (Phi) is 6.77. The first-order valence-electron chi connectivity index (χ1n) is 8.06. The lowest BCUT2D eigenvalue weighted by Crippen LogP contribution is -2.39. The number of hydrogen-bond acceptors (Lipinski definition) is 6. The highest BCUT2D eigenvalue weighted by molar-refractivity contribution is 5.81. The summed E-state index contributed by atoms with van der Waals surface area (Å²) in [6.45, 7) is 2.09. The summed E-state index contributed by atoms with van der Waals surface area (Å²) in [6.07, 6.45) is 7.09. The average Bonchev–Trinajstić information content (AvgIpc) is 2.56. The van der Waals surface area contributed by atoms with Crippen LogP contribution in [0.1, 0.15) is 45.4 Å². The second-order valence-corrected chi connectivity index (χ2v) is 5.50. The number of nitrogens with one attached hydrogen (secondary N) is 1. The molecule has 1 aliphatic rings. The molecule has 0 aromatic carbocycles. The number of nitrogens with zero attached hydrogens (tertiary/aromatic N) is 2. The first kappa shape index (κ1) is 17.2. The summed E-state index contributed by atoms with van der Waals surface area (Å²) >= 11 is 0. The van der Waals surface area contributed by atoms with E-state index in [4.69, 9.17) is 9.47 Å². The van der Waals surface area contributed by atoms with E-state index in [2.05, 4.69) is 15.3 Å². The van der Waals surface area contributed by atoms with Crippen LogP contribution in [0.25, 0.3) is 0 Å². The summed E-state index contributed by atoms with van der Waals surface area (Å²) < 4.78 is 10.5. The zero-order valence-electron chi connectivity index (χ0n) is 13.4. The van der Waals surface area contributed by atoms with E-state index in [0.717, 1.165) is 25.7 Å². The number of esters is 1. The summed E-state index contributed by atoms with van der Waals surface area (Å²) in [7, 11) is 0. The van der Waals surface area contributed by atoms with Gasteiger partial charge in [0.05, 0.1) is 13.0 Å². The molecule has 0 bridgehead atoms. The molecule has 1 fully saturated rings. The van der Waals surface area contributed by atoms with Gasteiger partial charge in [0, 0.05) is 24.9 Å². The van der Waals surface area contributed by atoms with Crippen LogP contribution in [0.5, 0.6) is 6.01 Å². The third kappa shape index (κ3) is 6.22. The van der Waals surface area contributed by atoms with Crippen molar-refractivity contribution in [2.24, 2.45) is 0 Å². The molecule has 0 radical (unpaired) electrons. The van der Waals surface area contributed by atoms with Gasteiger partial charge >= 0.3 is 12.0 Å². The van der Waals surface area contributed by atoms with Gasteiger partial charge in [0.15, 0.2) is 0 Å². The Hall–Kier alpha value is -2.18. The highest BCUT2D eigenvalue weighted by atomic mass is 16.5. The molecular weight excluding hydrogens is 298 g/mol. The van der Waals surface area contributed by atoms with Crippen LogP contribution in [0, 0.1) is 0 Å². The van der Waals surface area contributed by atoms with Gasteiger partial charge in [-0.3, -0.25) is 9.59 Å². The smallest absolute Gasteiger partial charge is 0.316 e. The summed E-state index contributed by atoms with van der Waals surface area (Å²) in [5.41, 5.74) is 0. The van der Waals surface area contributed by atoms with Crippen molar-refractivity contribution in [3.05, 3.63) is 18.5 Å². The SMILES string of the molecule is CCOC(=O)CCC(=O)NC1CCC(Oc2ncccn2)CC1. The summed E-state index contributed by atoms with van der Waals surface area (Å²) in [5, 5.41) is 2.97. The number of aromatic nitrogens is 2. The number of carbonyl (C=O) groups is 2. The predicted molar refractivity (Wildman–Crippen MR) is 82.7 cm³/mol. The molecular formula is C16H23N3O4. The van der Waals surface area contributed by atoms with Crippen molar-refractivity contribution in [3.63, 3.8) is 0 Å². The molecule has 2 rings (SSSR count). The van der Waals surface area contributed by atoms with E-state index < -0.39 is 0 Å². The van der Waals surface area contributed by atoms with Crippen molar-refractivity contribution in [1.82, 2.24) is 15.3 Å². The van der Waals surface area contributed by atoms with Crippen LogP contribution in [0.15, 0.2) is 18.5 Å². The molecule has 7 heteroatoms. The minimum atomic E-state index is -0.331. The molecule has 0 atom stereocenters. The standard InChI is InChI=1S/C16H23N3O4/c1-2-22-15(21)9-8-14(20)19-12-4-6-13(7-5-12)23-16-17-10-3-11-18-16/h3,10-13H,2,4-9H2,1H3,(H,19,20). The molecule has 1 aromatic rings. The molecule has 1 N–H and O–H groups in total. The molecule has 0 spiro atoms. The number of amides is 1. The molecule has 23 heavy (non-hydrogen) atoms. The Labute approximate surface area is 135 Å². The van der Waals surface area contributed by atoms with Gasteiger partial charge < -0.3 is 14.8 Å². The third-order valence-corrected chi connectivity index (χ3v) is 3.71. The zero-order chi connectivity index (χ0) is 16.5. The Morgan fingerprint density at radius 1 is 1.17 bits per heavy atom. The summed E-state index contributed by atoms with van der Waals surface area (Å²) in [4.78, 5) is 31.1. The molecule has 0 unspecified atom stereocenters. The molecule has 1 heterocycles. The fourth-order valence-corrected chi connectivity index (χ4v) is 2.57. The van der Waals surface area contributed by atoms with Crippen molar-refractivity contribution in [2.45, 2.75) is 57.6 Å². The van der Waals surface area contributed by atoms with Crippen LogP contribution in [-0.4, -0.2) is 40.6 Å². The van der Waals surface area contributed by atoms with Gasteiger partial charge in [-0.15, -0.1) is 0 Å². The Morgan fingerprint density at radius 2 is 1.87 bits per heavy atom. The van der Waals surface area contributed by atoms with E-state index in [-0.39, 0.29) is 36.9 Å². The lowest BCUT2D eigenvalue weighted by molar-refractivity contribution is -0.144. The van der Waals surface area contributed by atoms with Gasteiger partial charge in [-0.1, -0.05) is 0 Å². The van der Waals surface area contributed by atoms with Crippen LogP contribution in [0.3, 0.4) is 0 Å². The fourth-order valence-electron chi connectivity index (χ4n) is 2.57. The minimum absolute atomic E-state index is 0.0880. The lowest BCUT2D eigenvalue weighted by Gasteiger charge is -2.28. The van der Waals surface area contributed by atoms with Crippen LogP contribution < -0.4 is 10.1 Å². The largest absolute Gasteiger partial charge is 0.466 e. The van der Waals surface area contributed by atoms with Gasteiger partial charge in [0.1, 0.15) is 6.10 Å². The van der Waals surface area contributed by atoms with E-state index in [1.807, 2.05) is 0 Å². The maximum Gasteiger partial charge on any atom is 0.316 e. The lowest BCUT2D eigenvalue weighted by atomic mass is 9.93. The van der Waals surface area contributed by atoms with Crippen LogP contribution >= 0.6 is 0 Å². The zero-order valence-corrected chi connectivity index (χ0v) is 13.4. The number of carbonyl (C=O) groups excluding carboxylic acids is 2. The predicted octanol–water partition coefficient (Wildman–Crippen LogP) is 1.63. The monoisotopic (exact) mass is 321 g/mol. The maximum absolute atomic E-state index is 11.8. The van der Waals surface area contributed by atoms with E-state index >= 15 is 0 Å². The molecule has 1 saturated carbocycles. The first-order valence-corrected chi connectivity index (χ1v) is 8.06. The fraction of sp³-hybridized carbons (Fsp3) is 0.625. The quantitative estimate of drug-likeness (QED) is 0.768. The van der Waals surface area contributed by atoms with E-state index in [1.54, 1.807) is 25.4 Å². The molecule has 1 aromatic heterocycles. The van der Waals surface area contributed by atoms with Gasteiger partial charge in [0.2, 0.25) is 5.91 Å². The van der Waals surface area contributed by atoms with Crippen molar-refractivity contribution in [2.75, 3.05) is 6.61 Å². The number of rotatable bonds is 7. The average molecular weight is 321 g/mol. The highest BCUT2D eigenvalue weighted by Crippen LogP contribution is 2.22. The Balaban J connectivity index is 1.64. The molecule has 1 aliphatic carbocycles. The van der Waals surface area contributed by atoms with E-state index in [0.29, 0.717) is 12.6 Å². The minimum Gasteiger partial charge on any atom is -0.466 e. The van der Waals surface area contributed by atoms with Crippen molar-refractivity contribution >= 4 is 11.9 Å². The number of ether oxygens (including phenoxy) is 2.